The topological polar surface area (TPSA) is 20.3 Å². The molecule has 0 saturated carbocycles. The Morgan fingerprint density at radius 2 is 0.750 bits per heavy atom. The molecule has 4 aromatic rings. The van der Waals surface area contributed by atoms with Gasteiger partial charge in [-0.05, 0) is 29.3 Å². The summed E-state index contributed by atoms with van der Waals surface area (Å²) in [5, 5.41) is 0. The molecule has 158 valence electrons. The van der Waals surface area contributed by atoms with Gasteiger partial charge in [0.05, 0.1) is 11.8 Å². The van der Waals surface area contributed by atoms with Crippen LogP contribution in [0.4, 0.5) is 0 Å². The highest BCUT2D eigenvalue weighted by molar-refractivity contribution is 5.94. The number of benzene rings is 4. The summed E-state index contributed by atoms with van der Waals surface area (Å²) in [6.45, 7) is 0. The maximum absolute atomic E-state index is 14.4. The monoisotopic (exact) mass is 417 g/mol. The first-order valence-corrected chi connectivity index (χ1v) is 11.2. The van der Waals surface area contributed by atoms with E-state index in [0.29, 0.717) is 0 Å². The van der Waals surface area contributed by atoms with Crippen molar-refractivity contribution in [2.75, 3.05) is 7.05 Å². The van der Waals surface area contributed by atoms with E-state index in [2.05, 4.69) is 84.7 Å². The minimum absolute atomic E-state index is 0.0451. The number of likely N-dealkylation sites (N-methyl/N-ethyl adjacent to an activating group) is 1. The Morgan fingerprint density at radius 3 is 1.06 bits per heavy atom. The lowest BCUT2D eigenvalue weighted by atomic mass is 9.68. The molecule has 5 rings (SSSR count). The van der Waals surface area contributed by atoms with Gasteiger partial charge in [0.15, 0.2) is 5.78 Å². The lowest BCUT2D eigenvalue weighted by Gasteiger charge is -2.48. The average molecular weight is 418 g/mol. The van der Waals surface area contributed by atoms with Gasteiger partial charge in [-0.3, -0.25) is 9.69 Å². The molecular formula is C30H27NO. The molecule has 1 saturated heterocycles. The summed E-state index contributed by atoms with van der Waals surface area (Å²) in [7, 11) is 2.17. The molecule has 0 aliphatic carbocycles. The molecule has 1 aliphatic rings. The summed E-state index contributed by atoms with van der Waals surface area (Å²) in [5.41, 5.74) is 4.49. The van der Waals surface area contributed by atoms with Gasteiger partial charge in [0.1, 0.15) is 0 Å². The zero-order valence-electron chi connectivity index (χ0n) is 18.2. The van der Waals surface area contributed by atoms with E-state index in [4.69, 9.17) is 0 Å². The van der Waals surface area contributed by atoms with Crippen molar-refractivity contribution in [1.29, 1.82) is 0 Å². The molecule has 4 atom stereocenters. The Kier molecular flexibility index (Phi) is 5.70. The number of piperidine rings is 1. The normalized spacial score (nSPS) is 23.7. The van der Waals surface area contributed by atoms with Crippen molar-refractivity contribution in [1.82, 2.24) is 4.90 Å². The first-order chi connectivity index (χ1) is 15.8. The van der Waals surface area contributed by atoms with Crippen LogP contribution in [0, 0.1) is 0 Å². The predicted octanol–water partition coefficient (Wildman–Crippen LogP) is 6.55. The molecule has 1 heterocycles. The molecule has 0 bridgehead atoms. The molecule has 0 spiro atoms. The third-order valence-electron chi connectivity index (χ3n) is 6.72. The SMILES string of the molecule is CN1C(c2ccccc2)C(c2ccccc2)C(=O)C(c2ccccc2)C1c1ccccc1. The van der Waals surface area contributed by atoms with Crippen LogP contribution in [0.25, 0.3) is 0 Å². The van der Waals surface area contributed by atoms with Gasteiger partial charge < -0.3 is 0 Å². The molecule has 2 heteroatoms. The van der Waals surface area contributed by atoms with Crippen molar-refractivity contribution >= 4 is 5.78 Å². The quantitative estimate of drug-likeness (QED) is 0.375. The summed E-state index contributed by atoms with van der Waals surface area (Å²) >= 11 is 0. The molecule has 0 radical (unpaired) electrons. The number of hydrogen-bond donors (Lipinski definition) is 0. The summed E-state index contributed by atoms with van der Waals surface area (Å²) in [4.78, 5) is 16.8. The fourth-order valence-electron chi connectivity index (χ4n) is 5.32. The van der Waals surface area contributed by atoms with Crippen LogP contribution in [0.1, 0.15) is 46.2 Å². The number of likely N-dealkylation sites (tertiary alicyclic amines) is 1. The van der Waals surface area contributed by atoms with Crippen molar-refractivity contribution in [3.63, 3.8) is 0 Å². The van der Waals surface area contributed by atoms with Gasteiger partial charge in [0, 0.05) is 12.1 Å². The smallest absolute Gasteiger partial charge is 0.151 e. The van der Waals surface area contributed by atoms with Gasteiger partial charge in [0.2, 0.25) is 0 Å². The van der Waals surface area contributed by atoms with Gasteiger partial charge in [-0.15, -0.1) is 0 Å². The molecule has 32 heavy (non-hydrogen) atoms. The van der Waals surface area contributed by atoms with Crippen molar-refractivity contribution in [2.45, 2.75) is 23.9 Å². The van der Waals surface area contributed by atoms with E-state index in [0.717, 1.165) is 11.1 Å². The molecule has 0 aromatic heterocycles. The van der Waals surface area contributed by atoms with Crippen molar-refractivity contribution in [3.05, 3.63) is 144 Å². The number of nitrogens with zero attached hydrogens (tertiary/aromatic N) is 1. The van der Waals surface area contributed by atoms with E-state index >= 15 is 0 Å². The van der Waals surface area contributed by atoms with Crippen LogP contribution in [0.15, 0.2) is 121 Å². The number of ketones is 1. The van der Waals surface area contributed by atoms with E-state index in [9.17, 15) is 4.79 Å². The number of rotatable bonds is 4. The molecule has 0 N–H and O–H groups in total. The van der Waals surface area contributed by atoms with Crippen molar-refractivity contribution < 1.29 is 4.79 Å². The second-order valence-electron chi connectivity index (χ2n) is 8.56. The Balaban J connectivity index is 1.72. The minimum atomic E-state index is -0.242. The van der Waals surface area contributed by atoms with Crippen LogP contribution in [-0.4, -0.2) is 17.7 Å². The third kappa shape index (κ3) is 3.68. The molecule has 0 amide bonds. The zero-order chi connectivity index (χ0) is 21.9. The molecule has 1 aliphatic heterocycles. The lowest BCUT2D eigenvalue weighted by molar-refractivity contribution is -0.130. The molecule has 4 aromatic carbocycles. The second-order valence-corrected chi connectivity index (χ2v) is 8.56. The molecule has 4 unspecified atom stereocenters. The van der Waals surface area contributed by atoms with E-state index in [-0.39, 0.29) is 29.7 Å². The maximum Gasteiger partial charge on any atom is 0.151 e. The standard InChI is InChI=1S/C30H27NO/c1-31-28(24-18-10-4-11-19-24)26(22-14-6-2-7-15-22)30(32)27(23-16-8-3-9-17-23)29(31)25-20-12-5-13-21-25/h2-21,26-29H,1H3. The fourth-order valence-corrected chi connectivity index (χ4v) is 5.32. The first-order valence-electron chi connectivity index (χ1n) is 11.2. The average Bonchev–Trinajstić information content (AvgIpc) is 2.87. The van der Waals surface area contributed by atoms with Crippen LogP contribution in [0.3, 0.4) is 0 Å². The lowest BCUT2D eigenvalue weighted by Crippen LogP contribution is -2.47. The van der Waals surface area contributed by atoms with Crippen LogP contribution in [-0.2, 0) is 4.79 Å². The van der Waals surface area contributed by atoms with E-state index in [1.807, 2.05) is 48.5 Å². The number of carbonyl (C=O) groups is 1. The van der Waals surface area contributed by atoms with Crippen LogP contribution >= 0.6 is 0 Å². The molecule has 1 fully saturated rings. The van der Waals surface area contributed by atoms with Crippen LogP contribution in [0.2, 0.25) is 0 Å². The number of Topliss-reactive ketones (excluding diaryl/α,β-unsaturated/α-hetero) is 1. The van der Waals surface area contributed by atoms with Crippen LogP contribution < -0.4 is 0 Å². The highest BCUT2D eigenvalue weighted by Crippen LogP contribution is 2.52. The van der Waals surface area contributed by atoms with Crippen molar-refractivity contribution in [3.8, 4) is 0 Å². The summed E-state index contributed by atoms with van der Waals surface area (Å²) in [5.74, 6) is -0.203. The predicted molar refractivity (Wildman–Crippen MR) is 130 cm³/mol. The van der Waals surface area contributed by atoms with Gasteiger partial charge >= 0.3 is 0 Å². The molecular weight excluding hydrogens is 390 g/mol. The summed E-state index contributed by atoms with van der Waals surface area (Å²) in [6, 6.07) is 41.4. The fraction of sp³-hybridized carbons (Fsp3) is 0.167. The van der Waals surface area contributed by atoms with Crippen LogP contribution in [0.5, 0.6) is 0 Å². The van der Waals surface area contributed by atoms with E-state index < -0.39 is 0 Å². The largest absolute Gasteiger partial charge is 0.298 e. The zero-order valence-corrected chi connectivity index (χ0v) is 18.2. The van der Waals surface area contributed by atoms with Crippen molar-refractivity contribution in [2.24, 2.45) is 0 Å². The Labute approximate surface area is 190 Å². The number of carbonyl (C=O) groups excluding carboxylic acids is 1. The maximum atomic E-state index is 14.4. The molecule has 2 nitrogen and oxygen atoms in total. The number of hydrogen-bond acceptors (Lipinski definition) is 2. The second kappa shape index (κ2) is 8.94. The first kappa shape index (κ1) is 20.4. The Bertz CT molecular complexity index is 1070. The third-order valence-corrected chi connectivity index (χ3v) is 6.72. The summed E-state index contributed by atoms with van der Waals surface area (Å²) < 4.78 is 0. The van der Waals surface area contributed by atoms with Gasteiger partial charge in [0.25, 0.3) is 0 Å². The van der Waals surface area contributed by atoms with E-state index in [1.54, 1.807) is 0 Å². The highest BCUT2D eigenvalue weighted by atomic mass is 16.1. The van der Waals surface area contributed by atoms with E-state index in [1.165, 1.54) is 11.1 Å². The minimum Gasteiger partial charge on any atom is -0.298 e. The van der Waals surface area contributed by atoms with Gasteiger partial charge in [-0.25, -0.2) is 0 Å². The Morgan fingerprint density at radius 1 is 0.469 bits per heavy atom. The van der Waals surface area contributed by atoms with Gasteiger partial charge in [-0.1, -0.05) is 121 Å². The van der Waals surface area contributed by atoms with Gasteiger partial charge in [-0.2, -0.15) is 0 Å². The summed E-state index contributed by atoms with van der Waals surface area (Å²) in [6.07, 6.45) is 0. The highest BCUT2D eigenvalue weighted by Gasteiger charge is 2.49. The Hall–Kier alpha value is -3.49.